The van der Waals surface area contributed by atoms with Gasteiger partial charge in [-0.25, -0.2) is 0 Å². The topological polar surface area (TPSA) is 32.8 Å². The molecular weight excluding hydrogens is 809 g/mol. The Balaban J connectivity index is 1.03. The number of hydrogen-bond acceptors (Lipinski definition) is 4. The van der Waals surface area contributed by atoms with Gasteiger partial charge in [-0.1, -0.05) is 66.8 Å². The molecule has 0 saturated carbocycles. The zero-order valence-electron chi connectivity index (χ0n) is 39.1. The minimum Gasteiger partial charge on any atom is -0.451 e. The van der Waals surface area contributed by atoms with Crippen LogP contribution in [0.4, 0.5) is 34.1 Å². The lowest BCUT2D eigenvalue weighted by Gasteiger charge is -2.28. The van der Waals surface area contributed by atoms with Crippen molar-refractivity contribution < 1.29 is 8.83 Å². The van der Waals surface area contributed by atoms with E-state index in [1.165, 1.54) is 44.1 Å². The van der Waals surface area contributed by atoms with Gasteiger partial charge < -0.3 is 18.6 Å². The highest BCUT2D eigenvalue weighted by molar-refractivity contribution is 6.88. The van der Waals surface area contributed by atoms with Crippen molar-refractivity contribution >= 4 is 113 Å². The predicted octanol–water partition coefficient (Wildman–Crippen LogP) is 17.4. The summed E-state index contributed by atoms with van der Waals surface area (Å²) in [7, 11) is -1.46. The van der Waals surface area contributed by atoms with Crippen LogP contribution in [0.15, 0.2) is 154 Å². The van der Waals surface area contributed by atoms with Gasteiger partial charge in [0.25, 0.3) is 0 Å². The molecule has 0 amide bonds. The number of anilines is 6. The van der Waals surface area contributed by atoms with Crippen LogP contribution in [0.5, 0.6) is 0 Å². The van der Waals surface area contributed by atoms with Gasteiger partial charge in [0.1, 0.15) is 11.2 Å². The zero-order valence-corrected chi connectivity index (χ0v) is 40.1. The second-order valence-electron chi connectivity index (χ2n) is 19.4. The second kappa shape index (κ2) is 15.0. The van der Waals surface area contributed by atoms with Crippen LogP contribution in [0.1, 0.15) is 38.9 Å². The molecule has 0 N–H and O–H groups in total. The number of aryl methyl sites for hydroxylation is 5. The van der Waals surface area contributed by atoms with Crippen molar-refractivity contribution in [3.05, 3.63) is 185 Å². The first-order chi connectivity index (χ1) is 31.2. The third kappa shape index (κ3) is 6.71. The molecule has 2 heterocycles. The minimum absolute atomic E-state index is 0.778. The predicted molar refractivity (Wildman–Crippen MR) is 282 cm³/mol. The van der Waals surface area contributed by atoms with E-state index in [1.807, 2.05) is 0 Å². The van der Waals surface area contributed by atoms with Crippen LogP contribution in [0.25, 0.3) is 65.4 Å². The molecule has 0 radical (unpaired) electrons. The summed E-state index contributed by atoms with van der Waals surface area (Å²) in [6.07, 6.45) is 0. The third-order valence-electron chi connectivity index (χ3n) is 14.1. The Labute approximate surface area is 382 Å². The van der Waals surface area contributed by atoms with Crippen molar-refractivity contribution in [1.29, 1.82) is 0 Å². The lowest BCUT2D eigenvalue weighted by molar-refractivity contribution is 0.637. The second-order valence-corrected chi connectivity index (χ2v) is 24.5. The fourth-order valence-electron chi connectivity index (χ4n) is 9.88. The molecule has 0 aliphatic carbocycles. The Morgan fingerprint density at radius 3 is 1.06 bits per heavy atom. The van der Waals surface area contributed by atoms with Crippen LogP contribution in [-0.2, 0) is 0 Å². The number of hydrogen-bond donors (Lipinski definition) is 0. The Hall–Kier alpha value is -7.08. The number of fused-ring (bicyclic) bond motifs is 11. The summed E-state index contributed by atoms with van der Waals surface area (Å²) < 4.78 is 13.9. The molecule has 0 bridgehead atoms. The highest BCUT2D eigenvalue weighted by Crippen LogP contribution is 2.45. The van der Waals surface area contributed by atoms with E-state index in [9.17, 15) is 0 Å². The summed E-state index contributed by atoms with van der Waals surface area (Å²) >= 11 is 0. The van der Waals surface area contributed by atoms with Gasteiger partial charge >= 0.3 is 0 Å². The molecule has 2 aromatic heterocycles. The highest BCUT2D eigenvalue weighted by atomic mass is 28.3. The average molecular weight is 863 g/mol. The molecule has 0 aliphatic rings. The number of benzene rings is 9. The molecule has 0 aliphatic heterocycles. The summed E-state index contributed by atoms with van der Waals surface area (Å²) in [6.45, 7) is 22.6. The number of nitrogens with zero attached hydrogens (tertiary/aromatic N) is 2. The van der Waals surface area contributed by atoms with E-state index < -0.39 is 8.07 Å². The van der Waals surface area contributed by atoms with Crippen molar-refractivity contribution in [3.8, 4) is 0 Å². The van der Waals surface area contributed by atoms with E-state index >= 15 is 0 Å². The Bertz CT molecular complexity index is 3670. The van der Waals surface area contributed by atoms with Crippen LogP contribution in [-0.4, -0.2) is 8.07 Å². The van der Waals surface area contributed by atoms with Crippen molar-refractivity contribution in [3.63, 3.8) is 0 Å². The van der Waals surface area contributed by atoms with Gasteiger partial charge in [-0.3, -0.25) is 0 Å². The van der Waals surface area contributed by atoms with Gasteiger partial charge in [0.15, 0.2) is 11.2 Å². The summed E-state index contributed by atoms with van der Waals surface area (Å²) in [5.41, 5.74) is 19.1. The van der Waals surface area contributed by atoms with E-state index in [2.05, 4.69) is 223 Å². The molecule has 0 spiro atoms. The Morgan fingerprint density at radius 1 is 0.323 bits per heavy atom. The van der Waals surface area contributed by atoms with Crippen molar-refractivity contribution in [2.75, 3.05) is 9.80 Å². The quantitative estimate of drug-likeness (QED) is 0.149. The fraction of sp³-hybridized carbons (Fsp3) is 0.167. The lowest BCUT2D eigenvalue weighted by Crippen LogP contribution is -2.37. The third-order valence-corrected chi connectivity index (χ3v) is 16.2. The van der Waals surface area contributed by atoms with Crippen molar-refractivity contribution in [2.45, 2.75) is 68.1 Å². The molecule has 9 aromatic carbocycles. The maximum Gasteiger partial charge on any atom is 0.178 e. The van der Waals surface area contributed by atoms with E-state index in [0.29, 0.717) is 0 Å². The molecule has 11 aromatic rings. The van der Waals surface area contributed by atoms with Crippen LogP contribution in [0, 0.1) is 48.5 Å². The maximum absolute atomic E-state index is 6.95. The van der Waals surface area contributed by atoms with Crippen LogP contribution in [0.2, 0.25) is 19.6 Å². The van der Waals surface area contributed by atoms with Crippen LogP contribution in [0.3, 0.4) is 0 Å². The lowest BCUT2D eigenvalue weighted by atomic mass is 10.0. The van der Waals surface area contributed by atoms with Gasteiger partial charge in [0.05, 0.1) is 8.07 Å². The normalized spacial score (nSPS) is 12.2. The molecule has 11 rings (SSSR count). The summed E-state index contributed by atoms with van der Waals surface area (Å²) in [6, 6.07) is 54.0. The largest absolute Gasteiger partial charge is 0.451 e. The van der Waals surface area contributed by atoms with Crippen molar-refractivity contribution in [2.24, 2.45) is 0 Å². The highest BCUT2D eigenvalue weighted by Gasteiger charge is 2.23. The smallest absolute Gasteiger partial charge is 0.178 e. The molecule has 320 valence electrons. The molecule has 0 saturated heterocycles. The molecule has 0 unspecified atom stereocenters. The first-order valence-electron chi connectivity index (χ1n) is 22.8. The molecule has 0 atom stereocenters. The van der Waals surface area contributed by atoms with E-state index in [1.54, 1.807) is 0 Å². The molecule has 5 heteroatoms. The molecule has 0 fully saturated rings. The van der Waals surface area contributed by atoms with E-state index in [0.717, 1.165) is 99.5 Å². The molecule has 65 heavy (non-hydrogen) atoms. The van der Waals surface area contributed by atoms with Gasteiger partial charge in [-0.2, -0.15) is 0 Å². The number of furan rings is 2. The summed E-state index contributed by atoms with van der Waals surface area (Å²) in [5, 5.41) is 10.1. The fourth-order valence-corrected chi connectivity index (χ4v) is 11.0. The van der Waals surface area contributed by atoms with Gasteiger partial charge in [0.2, 0.25) is 0 Å². The first kappa shape index (κ1) is 40.7. The Morgan fingerprint density at radius 2 is 0.662 bits per heavy atom. The average Bonchev–Trinajstić information content (AvgIpc) is 3.87. The SMILES string of the molecule is Cc1ccc(N(c2cc(C)c(C)c(C)c2)c2ccc3c(ccc4c5ccc6c7ccc8cc(N(c9ccc([Si](C)(C)C)cc9)c9cc(C)c(C)c(C)c9)ccc8c7oc6c5oc34)c2)cc1. The standard InChI is InChI=1S/C60H54N2O2Si/c1-35-11-15-44(16-12-35)61(48-29-36(2)40(6)37(3)30-48)46-19-25-51-42(33-46)13-23-53-55-27-28-56-54-24-14-43-34-47(20-26-52(43)58(54)64-60(56)59(55)63-57(51)53)62(49-31-38(4)41(7)39(5)32-49)45-17-21-50(22-18-45)65(8,9)10/h11-34H,1-10H3. The monoisotopic (exact) mass is 862 g/mol. The summed E-state index contributed by atoms with van der Waals surface area (Å²) in [5.74, 6) is 0. The van der Waals surface area contributed by atoms with E-state index in [4.69, 9.17) is 8.83 Å². The zero-order chi connectivity index (χ0) is 45.1. The molecular formula is C60H54N2O2Si. The van der Waals surface area contributed by atoms with Crippen LogP contribution < -0.4 is 15.0 Å². The summed E-state index contributed by atoms with van der Waals surface area (Å²) in [4.78, 5) is 4.76. The van der Waals surface area contributed by atoms with E-state index in [-0.39, 0.29) is 0 Å². The van der Waals surface area contributed by atoms with Crippen molar-refractivity contribution in [1.82, 2.24) is 0 Å². The Kier molecular flexibility index (Phi) is 9.39. The number of rotatable bonds is 7. The van der Waals surface area contributed by atoms with Gasteiger partial charge in [-0.05, 0) is 202 Å². The van der Waals surface area contributed by atoms with Crippen LogP contribution >= 0.6 is 0 Å². The molecule has 4 nitrogen and oxygen atoms in total. The minimum atomic E-state index is -1.46. The van der Waals surface area contributed by atoms with Gasteiger partial charge in [0, 0.05) is 66.4 Å². The van der Waals surface area contributed by atoms with Gasteiger partial charge in [-0.15, -0.1) is 0 Å². The first-order valence-corrected chi connectivity index (χ1v) is 26.3. The maximum atomic E-state index is 6.95.